The van der Waals surface area contributed by atoms with Gasteiger partial charge >= 0.3 is 5.97 Å². The van der Waals surface area contributed by atoms with E-state index in [0.29, 0.717) is 11.8 Å². The molecule has 4 aliphatic carbocycles. The summed E-state index contributed by atoms with van der Waals surface area (Å²) in [5.41, 5.74) is 4.06. The molecule has 2 aromatic carbocycles. The van der Waals surface area contributed by atoms with Crippen LogP contribution in [0, 0.1) is 22.7 Å². The maximum Gasteiger partial charge on any atom is 0.309 e. The minimum Gasteiger partial charge on any atom is -0.481 e. The van der Waals surface area contributed by atoms with E-state index in [9.17, 15) is 9.90 Å². The lowest BCUT2D eigenvalue weighted by Crippen LogP contribution is -2.55. The highest BCUT2D eigenvalue weighted by Crippen LogP contribution is 2.85. The summed E-state index contributed by atoms with van der Waals surface area (Å²) >= 11 is 0. The van der Waals surface area contributed by atoms with E-state index in [-0.39, 0.29) is 10.8 Å². The lowest BCUT2D eigenvalue weighted by molar-refractivity contribution is -0.151. The number of carboxylic acid groups (broad SMARTS) is 1. The van der Waals surface area contributed by atoms with Gasteiger partial charge in [0.1, 0.15) is 0 Å². The predicted molar refractivity (Wildman–Crippen MR) is 109 cm³/mol. The molecular weight excluding hydrogens is 344 g/mol. The van der Waals surface area contributed by atoms with E-state index < -0.39 is 11.4 Å². The van der Waals surface area contributed by atoms with Gasteiger partial charge in [-0.05, 0) is 66.9 Å². The van der Waals surface area contributed by atoms with Gasteiger partial charge in [-0.3, -0.25) is 4.79 Å². The lowest BCUT2D eigenvalue weighted by atomic mass is 9.44. The number of rotatable bonds is 4. The monoisotopic (exact) mass is 370 g/mol. The maximum atomic E-state index is 12.5. The molecule has 2 aromatic rings. The first-order chi connectivity index (χ1) is 13.6. The van der Waals surface area contributed by atoms with E-state index in [4.69, 9.17) is 0 Å². The maximum absolute atomic E-state index is 12.5. The fraction of sp³-hybridized carbons (Fsp3) is 0.423. The summed E-state index contributed by atoms with van der Waals surface area (Å²) in [6, 6.07) is 21.5. The van der Waals surface area contributed by atoms with Gasteiger partial charge in [0.15, 0.2) is 0 Å². The van der Waals surface area contributed by atoms with Gasteiger partial charge in [-0.25, -0.2) is 0 Å². The molecule has 0 saturated heterocycles. The van der Waals surface area contributed by atoms with E-state index in [0.717, 1.165) is 32.1 Å². The Hall–Kier alpha value is -2.35. The van der Waals surface area contributed by atoms with Gasteiger partial charge in [0, 0.05) is 5.41 Å². The third-order valence-electron chi connectivity index (χ3n) is 8.78. The second-order valence-electron chi connectivity index (χ2n) is 9.80. The van der Waals surface area contributed by atoms with Gasteiger partial charge in [-0.15, -0.1) is 0 Å². The van der Waals surface area contributed by atoms with Crippen LogP contribution in [0.25, 0.3) is 0 Å². The zero-order valence-electron chi connectivity index (χ0n) is 16.1. The normalized spacial score (nSPS) is 41.1. The van der Waals surface area contributed by atoms with Crippen molar-refractivity contribution in [2.45, 2.75) is 43.9 Å². The van der Waals surface area contributed by atoms with E-state index in [1.807, 2.05) is 0 Å². The molecule has 0 heterocycles. The highest BCUT2D eigenvalue weighted by atomic mass is 16.4. The Bertz CT molecular complexity index is 978. The molecule has 0 aromatic heterocycles. The standard InChI is InChI=1S/C26H26O2/c27-23(28)24-13-19-14-26(17-24)22(21(19)12-11-18-7-3-1-4-8-18)15-25(26,16-24)20-9-5-2-6-10-20/h1-10,12,19,22H,11,13-17H2,(H,27,28)/b21-12-. The van der Waals surface area contributed by atoms with Crippen LogP contribution in [0.2, 0.25) is 0 Å². The molecule has 4 saturated carbocycles. The highest BCUT2D eigenvalue weighted by Gasteiger charge is 2.80. The smallest absolute Gasteiger partial charge is 0.309 e. The summed E-state index contributed by atoms with van der Waals surface area (Å²) in [6.07, 6.45) is 8.34. The van der Waals surface area contributed by atoms with Crippen LogP contribution in [0.3, 0.4) is 0 Å². The predicted octanol–water partition coefficient (Wildman–Crippen LogP) is 5.39. The summed E-state index contributed by atoms with van der Waals surface area (Å²) in [7, 11) is 0. The van der Waals surface area contributed by atoms with Gasteiger partial charge in [-0.1, -0.05) is 72.3 Å². The zero-order valence-corrected chi connectivity index (χ0v) is 16.1. The fourth-order valence-corrected chi connectivity index (χ4v) is 7.89. The molecule has 0 radical (unpaired) electrons. The number of fused-ring (bicyclic) bond motifs is 2. The molecule has 28 heavy (non-hydrogen) atoms. The van der Waals surface area contributed by atoms with Crippen molar-refractivity contribution >= 4 is 5.97 Å². The number of aliphatic carboxylic acids is 1. The molecule has 1 spiro atoms. The number of benzene rings is 2. The first-order valence-electron chi connectivity index (χ1n) is 10.6. The highest BCUT2D eigenvalue weighted by molar-refractivity contribution is 5.77. The van der Waals surface area contributed by atoms with Crippen LogP contribution >= 0.6 is 0 Å². The number of carbonyl (C=O) groups is 1. The quantitative estimate of drug-likeness (QED) is 0.733. The number of allylic oxidation sites excluding steroid dienone is 2. The Kier molecular flexibility index (Phi) is 3.18. The van der Waals surface area contributed by atoms with Crippen LogP contribution in [0.1, 0.15) is 43.2 Å². The summed E-state index contributed by atoms with van der Waals surface area (Å²) in [6.45, 7) is 0. The van der Waals surface area contributed by atoms with E-state index in [1.165, 1.54) is 17.5 Å². The summed E-state index contributed by atoms with van der Waals surface area (Å²) in [5, 5.41) is 10.2. The molecule has 5 atom stereocenters. The second-order valence-corrected chi connectivity index (χ2v) is 9.80. The van der Waals surface area contributed by atoms with Gasteiger partial charge < -0.3 is 5.11 Å². The fourth-order valence-electron chi connectivity index (χ4n) is 7.89. The summed E-state index contributed by atoms with van der Waals surface area (Å²) < 4.78 is 0. The van der Waals surface area contributed by atoms with Crippen LogP contribution < -0.4 is 0 Å². The molecule has 2 nitrogen and oxygen atoms in total. The molecule has 5 unspecified atom stereocenters. The van der Waals surface area contributed by atoms with Crippen molar-refractivity contribution in [3.63, 3.8) is 0 Å². The van der Waals surface area contributed by atoms with E-state index in [1.54, 1.807) is 5.57 Å². The van der Waals surface area contributed by atoms with Crippen LogP contribution in [0.4, 0.5) is 0 Å². The first-order valence-corrected chi connectivity index (χ1v) is 10.6. The van der Waals surface area contributed by atoms with Crippen molar-refractivity contribution in [2.24, 2.45) is 22.7 Å². The Morgan fingerprint density at radius 2 is 1.68 bits per heavy atom. The molecule has 4 fully saturated rings. The van der Waals surface area contributed by atoms with Crippen LogP contribution in [-0.2, 0) is 16.6 Å². The lowest BCUT2D eigenvalue weighted by Gasteiger charge is -2.59. The van der Waals surface area contributed by atoms with Gasteiger partial charge in [-0.2, -0.15) is 0 Å². The Morgan fingerprint density at radius 3 is 2.39 bits per heavy atom. The molecular formula is C26H26O2. The van der Waals surface area contributed by atoms with Crippen LogP contribution in [0.5, 0.6) is 0 Å². The Balaban J connectivity index is 1.43. The topological polar surface area (TPSA) is 37.3 Å². The van der Waals surface area contributed by atoms with Crippen molar-refractivity contribution in [1.82, 2.24) is 0 Å². The molecule has 0 aliphatic heterocycles. The number of carboxylic acids is 1. The number of hydrogen-bond donors (Lipinski definition) is 1. The Labute approximate surface area is 166 Å². The minimum atomic E-state index is -0.552. The molecule has 0 amide bonds. The third-order valence-corrected chi connectivity index (χ3v) is 8.78. The van der Waals surface area contributed by atoms with Gasteiger partial charge in [0.05, 0.1) is 5.41 Å². The van der Waals surface area contributed by atoms with Crippen molar-refractivity contribution in [3.05, 3.63) is 83.4 Å². The number of hydrogen-bond acceptors (Lipinski definition) is 1. The van der Waals surface area contributed by atoms with Crippen molar-refractivity contribution in [3.8, 4) is 0 Å². The second kappa shape index (κ2) is 5.37. The van der Waals surface area contributed by atoms with Crippen LogP contribution in [-0.4, -0.2) is 11.1 Å². The summed E-state index contributed by atoms with van der Waals surface area (Å²) in [4.78, 5) is 12.5. The minimum absolute atomic E-state index is 0.0778. The summed E-state index contributed by atoms with van der Waals surface area (Å²) in [5.74, 6) is 0.501. The molecule has 6 rings (SSSR count). The molecule has 4 aliphatic rings. The zero-order chi connectivity index (χ0) is 19.0. The SMILES string of the molecule is O=C(O)C12CC3CC4(C1)C(CC4(c1ccccc1)C2)/C3=C\Cc1ccccc1. The molecule has 2 heteroatoms. The van der Waals surface area contributed by atoms with Crippen LogP contribution in [0.15, 0.2) is 72.3 Å². The molecule has 142 valence electrons. The average Bonchev–Trinajstić information content (AvgIpc) is 3.00. The first kappa shape index (κ1) is 16.6. The molecule has 1 N–H and O–H groups in total. The van der Waals surface area contributed by atoms with Crippen molar-refractivity contribution in [2.75, 3.05) is 0 Å². The van der Waals surface area contributed by atoms with Crippen molar-refractivity contribution in [1.29, 1.82) is 0 Å². The van der Waals surface area contributed by atoms with Crippen molar-refractivity contribution < 1.29 is 9.90 Å². The third kappa shape index (κ3) is 1.87. The Morgan fingerprint density at radius 1 is 0.964 bits per heavy atom. The molecule has 3 bridgehead atoms. The van der Waals surface area contributed by atoms with E-state index in [2.05, 4.69) is 66.7 Å². The van der Waals surface area contributed by atoms with Gasteiger partial charge in [0.2, 0.25) is 0 Å². The largest absolute Gasteiger partial charge is 0.481 e. The average molecular weight is 370 g/mol. The van der Waals surface area contributed by atoms with E-state index >= 15 is 0 Å². The van der Waals surface area contributed by atoms with Gasteiger partial charge in [0.25, 0.3) is 0 Å².